The van der Waals surface area contributed by atoms with Gasteiger partial charge in [-0.1, -0.05) is 0 Å². The first-order valence-electron chi connectivity index (χ1n) is 14.3. The van der Waals surface area contributed by atoms with Crippen molar-refractivity contribution < 1.29 is 38.2 Å². The average Bonchev–Trinajstić information content (AvgIpc) is 2.97. The van der Waals surface area contributed by atoms with E-state index in [9.17, 15) is 24.0 Å². The van der Waals surface area contributed by atoms with Crippen molar-refractivity contribution in [3.63, 3.8) is 0 Å². The number of nitrogens with two attached hydrogens (primary N) is 3. The van der Waals surface area contributed by atoms with E-state index in [1.165, 1.54) is 6.92 Å². The van der Waals surface area contributed by atoms with Crippen LogP contribution in [-0.2, 0) is 38.2 Å². The van der Waals surface area contributed by atoms with E-state index in [-0.39, 0.29) is 55.2 Å². The third-order valence-corrected chi connectivity index (χ3v) is 5.88. The number of amides is 4. The standard InChI is InChI=1S/C26H49ClN8O8/c1-19(36)31-9-3-11-41-13-15-43-16-14-42-12-4-10-32-23(38)7-6-20(28)25(40)34-18-24(39)35-21(22(37)17-27)5-2-8-33-26(29)30/h20-21H,2-18,28H2,1H3,(H,31,36)(H,32,38)(H,34,40)(H,35,39)(H4,29,30,33)/t20-,21-/m0/s1. The number of hydrogen-bond acceptors (Lipinski definition) is 10. The Balaban J connectivity index is 3.86. The average molecular weight is 637 g/mol. The molecule has 248 valence electrons. The maximum atomic E-state index is 12.2. The minimum Gasteiger partial charge on any atom is -0.379 e. The van der Waals surface area contributed by atoms with Crippen LogP contribution in [0, 0.1) is 0 Å². The number of carbonyl (C=O) groups is 5. The highest BCUT2D eigenvalue weighted by molar-refractivity contribution is 6.28. The third-order valence-electron chi connectivity index (χ3n) is 5.61. The Morgan fingerprint density at radius 3 is 1.93 bits per heavy atom. The number of guanidine groups is 1. The summed E-state index contributed by atoms with van der Waals surface area (Å²) in [7, 11) is 0. The second-order valence-corrected chi connectivity index (χ2v) is 9.68. The lowest BCUT2D eigenvalue weighted by atomic mass is 10.1. The molecule has 43 heavy (non-hydrogen) atoms. The molecule has 0 heterocycles. The van der Waals surface area contributed by atoms with Crippen LogP contribution < -0.4 is 38.5 Å². The molecule has 0 aromatic rings. The van der Waals surface area contributed by atoms with Crippen molar-refractivity contribution in [2.75, 3.05) is 71.7 Å². The predicted molar refractivity (Wildman–Crippen MR) is 161 cm³/mol. The Morgan fingerprint density at radius 2 is 1.37 bits per heavy atom. The molecule has 17 heteroatoms. The van der Waals surface area contributed by atoms with Crippen molar-refractivity contribution in [1.29, 1.82) is 0 Å². The summed E-state index contributed by atoms with van der Waals surface area (Å²) < 4.78 is 16.2. The van der Waals surface area contributed by atoms with E-state index >= 15 is 0 Å². The van der Waals surface area contributed by atoms with Gasteiger partial charge < -0.3 is 52.7 Å². The van der Waals surface area contributed by atoms with Gasteiger partial charge in [0.05, 0.1) is 50.9 Å². The molecule has 0 aromatic carbocycles. The summed E-state index contributed by atoms with van der Waals surface area (Å²) in [5.41, 5.74) is 16.4. The minimum atomic E-state index is -0.990. The van der Waals surface area contributed by atoms with Gasteiger partial charge in [-0.2, -0.15) is 0 Å². The molecule has 0 aliphatic rings. The van der Waals surface area contributed by atoms with E-state index in [0.717, 1.165) is 6.42 Å². The number of nitrogens with one attached hydrogen (secondary N) is 4. The fraction of sp³-hybridized carbons (Fsp3) is 0.769. The summed E-state index contributed by atoms with van der Waals surface area (Å²) in [6.45, 7) is 5.12. The van der Waals surface area contributed by atoms with Crippen LogP contribution in [-0.4, -0.2) is 119 Å². The normalized spacial score (nSPS) is 12.1. The molecule has 0 fully saturated rings. The van der Waals surface area contributed by atoms with Crippen LogP contribution in [0.15, 0.2) is 4.99 Å². The van der Waals surface area contributed by atoms with E-state index in [0.29, 0.717) is 65.6 Å². The lowest BCUT2D eigenvalue weighted by Crippen LogP contribution is -2.49. The smallest absolute Gasteiger partial charge is 0.239 e. The van der Waals surface area contributed by atoms with Crippen molar-refractivity contribution in [2.45, 2.75) is 57.5 Å². The lowest BCUT2D eigenvalue weighted by molar-refractivity contribution is -0.129. The quantitative estimate of drug-likeness (QED) is 0.0217. The molecular formula is C26H49ClN8O8. The van der Waals surface area contributed by atoms with Gasteiger partial charge in [0.25, 0.3) is 0 Å². The van der Waals surface area contributed by atoms with Crippen LogP contribution in [0.25, 0.3) is 0 Å². The van der Waals surface area contributed by atoms with Gasteiger partial charge in [-0.25, -0.2) is 0 Å². The van der Waals surface area contributed by atoms with Crippen molar-refractivity contribution in [3.05, 3.63) is 0 Å². The first-order valence-corrected chi connectivity index (χ1v) is 14.8. The SMILES string of the molecule is CC(=O)NCCCOCCOCCOCCCNC(=O)CC[C@H](N)C(=O)NCC(=O)N[C@@H](CCCN=C(N)N)C(=O)CCl. The van der Waals surface area contributed by atoms with Gasteiger partial charge in [-0.15, -0.1) is 11.6 Å². The first kappa shape index (κ1) is 40.0. The van der Waals surface area contributed by atoms with Crippen molar-refractivity contribution >= 4 is 47.0 Å². The zero-order valence-electron chi connectivity index (χ0n) is 25.0. The molecule has 0 rings (SSSR count). The topological polar surface area (TPSA) is 252 Å². The maximum absolute atomic E-state index is 12.2. The van der Waals surface area contributed by atoms with Gasteiger partial charge in [-0.05, 0) is 32.1 Å². The second kappa shape index (κ2) is 26.6. The molecular weight excluding hydrogens is 588 g/mol. The molecule has 0 spiro atoms. The molecule has 10 N–H and O–H groups in total. The minimum absolute atomic E-state index is 0.0346. The van der Waals surface area contributed by atoms with Gasteiger partial charge in [-0.3, -0.25) is 29.0 Å². The van der Waals surface area contributed by atoms with Gasteiger partial charge in [0.2, 0.25) is 23.6 Å². The largest absolute Gasteiger partial charge is 0.379 e. The highest BCUT2D eigenvalue weighted by Gasteiger charge is 2.21. The molecule has 0 unspecified atom stereocenters. The molecule has 16 nitrogen and oxygen atoms in total. The number of ether oxygens (including phenoxy) is 3. The van der Waals surface area contributed by atoms with Crippen LogP contribution in [0.2, 0.25) is 0 Å². The zero-order valence-corrected chi connectivity index (χ0v) is 25.8. The van der Waals surface area contributed by atoms with Gasteiger partial charge in [0.1, 0.15) is 0 Å². The second-order valence-electron chi connectivity index (χ2n) is 9.41. The number of Topliss-reactive ketones (excluding diaryl/α,β-unsaturated/α-hetero) is 1. The summed E-state index contributed by atoms with van der Waals surface area (Å²) in [5.74, 6) is -2.23. The van der Waals surface area contributed by atoms with Crippen LogP contribution in [0.1, 0.15) is 45.4 Å². The molecule has 0 aliphatic carbocycles. The summed E-state index contributed by atoms with van der Waals surface area (Å²) >= 11 is 5.61. The van der Waals surface area contributed by atoms with Gasteiger partial charge in [0.15, 0.2) is 11.7 Å². The van der Waals surface area contributed by atoms with Crippen molar-refractivity contribution in [3.8, 4) is 0 Å². The van der Waals surface area contributed by atoms with E-state index < -0.39 is 30.4 Å². The Morgan fingerprint density at radius 1 is 0.791 bits per heavy atom. The summed E-state index contributed by atoms with van der Waals surface area (Å²) in [6.07, 6.45) is 2.18. The van der Waals surface area contributed by atoms with Crippen molar-refractivity contribution in [1.82, 2.24) is 21.3 Å². The highest BCUT2D eigenvalue weighted by Crippen LogP contribution is 2.02. The molecule has 0 aliphatic heterocycles. The molecule has 0 aromatic heterocycles. The maximum Gasteiger partial charge on any atom is 0.239 e. The Labute approximate surface area is 257 Å². The number of hydrogen-bond donors (Lipinski definition) is 7. The third kappa shape index (κ3) is 25.2. The Hall–Kier alpha value is -3.05. The predicted octanol–water partition coefficient (Wildman–Crippen LogP) is -2.36. The lowest BCUT2D eigenvalue weighted by Gasteiger charge is -2.17. The number of aliphatic imine (C=N–C) groups is 1. The number of rotatable bonds is 27. The molecule has 0 bridgehead atoms. The molecule has 0 saturated heterocycles. The number of alkyl halides is 1. The Kier molecular flexibility index (Phi) is 24.7. The summed E-state index contributed by atoms with van der Waals surface area (Å²) in [6, 6.07) is -1.83. The molecule has 2 atom stereocenters. The fourth-order valence-corrected chi connectivity index (χ4v) is 3.53. The van der Waals surface area contributed by atoms with E-state index in [1.54, 1.807) is 0 Å². The van der Waals surface area contributed by atoms with Crippen LogP contribution in [0.4, 0.5) is 0 Å². The van der Waals surface area contributed by atoms with E-state index in [2.05, 4.69) is 26.3 Å². The number of carbonyl (C=O) groups excluding carboxylic acids is 5. The van der Waals surface area contributed by atoms with Crippen LogP contribution in [0.5, 0.6) is 0 Å². The molecule has 0 radical (unpaired) electrons. The fourth-order valence-electron chi connectivity index (χ4n) is 3.34. The number of nitrogens with zero attached hydrogens (tertiary/aromatic N) is 1. The monoisotopic (exact) mass is 636 g/mol. The summed E-state index contributed by atoms with van der Waals surface area (Å²) in [5, 5.41) is 10.3. The van der Waals surface area contributed by atoms with Crippen LogP contribution in [0.3, 0.4) is 0 Å². The van der Waals surface area contributed by atoms with E-state index in [4.69, 9.17) is 43.0 Å². The highest BCUT2D eigenvalue weighted by atomic mass is 35.5. The zero-order chi connectivity index (χ0) is 32.3. The van der Waals surface area contributed by atoms with Crippen LogP contribution >= 0.6 is 11.6 Å². The molecule has 4 amide bonds. The van der Waals surface area contributed by atoms with E-state index in [1.807, 2.05) is 0 Å². The van der Waals surface area contributed by atoms with Crippen molar-refractivity contribution in [2.24, 2.45) is 22.2 Å². The first-order chi connectivity index (χ1) is 20.6. The van der Waals surface area contributed by atoms with Gasteiger partial charge in [0, 0.05) is 46.2 Å². The summed E-state index contributed by atoms with van der Waals surface area (Å²) in [4.78, 5) is 63.0. The Bertz CT molecular complexity index is 861. The number of halogens is 1. The van der Waals surface area contributed by atoms with Gasteiger partial charge >= 0.3 is 0 Å². The number of ketones is 1. The molecule has 0 saturated carbocycles.